The van der Waals surface area contributed by atoms with Crippen LogP contribution >= 0.6 is 0 Å². The Bertz CT molecular complexity index is 387. The molecule has 0 aliphatic carbocycles. The van der Waals surface area contributed by atoms with Crippen LogP contribution in [0, 0.1) is 0 Å². The normalized spacial score (nSPS) is 26.6. The van der Waals surface area contributed by atoms with Crippen molar-refractivity contribution in [3.8, 4) is 0 Å². The fraction of sp³-hybridized carbons (Fsp3) is 0.800. The molecule has 1 N–H and O–H groups in total. The Morgan fingerprint density at radius 1 is 1.59 bits per heavy atom. The third kappa shape index (κ3) is 3.95. The lowest BCUT2D eigenvalue weighted by Gasteiger charge is -2.30. The summed E-state index contributed by atoms with van der Waals surface area (Å²) >= 11 is 0. The fourth-order valence-electron chi connectivity index (χ4n) is 1.91. The van der Waals surface area contributed by atoms with E-state index in [-0.39, 0.29) is 12.8 Å². The Balaban J connectivity index is 1.77. The SMILES string of the molecule is CS(=O)(=O)OCC1=CNN(C2CCCCO2)C1. The maximum absolute atomic E-state index is 10.9. The third-order valence-electron chi connectivity index (χ3n) is 2.77. The predicted molar refractivity (Wildman–Crippen MR) is 62.3 cm³/mol. The summed E-state index contributed by atoms with van der Waals surface area (Å²) in [6.45, 7) is 1.53. The summed E-state index contributed by atoms with van der Waals surface area (Å²) in [6.07, 6.45) is 6.19. The van der Waals surface area contributed by atoms with E-state index in [2.05, 4.69) is 5.43 Å². The molecule has 0 aromatic rings. The van der Waals surface area contributed by atoms with Gasteiger partial charge < -0.3 is 10.2 Å². The summed E-state index contributed by atoms with van der Waals surface area (Å²) in [4.78, 5) is 0. The maximum atomic E-state index is 10.9. The van der Waals surface area contributed by atoms with Crippen molar-refractivity contribution in [1.82, 2.24) is 10.4 Å². The van der Waals surface area contributed by atoms with Crippen molar-refractivity contribution < 1.29 is 17.3 Å². The summed E-state index contributed by atoms with van der Waals surface area (Å²) < 4.78 is 32.1. The van der Waals surface area contributed by atoms with Crippen LogP contribution in [0.2, 0.25) is 0 Å². The molecule has 1 atom stereocenters. The van der Waals surface area contributed by atoms with E-state index in [9.17, 15) is 8.42 Å². The fourth-order valence-corrected chi connectivity index (χ4v) is 2.27. The minimum absolute atomic E-state index is 0.0794. The van der Waals surface area contributed by atoms with Gasteiger partial charge in [-0.1, -0.05) is 0 Å². The lowest BCUT2D eigenvalue weighted by Crippen LogP contribution is -2.43. The van der Waals surface area contributed by atoms with Gasteiger partial charge in [-0.2, -0.15) is 13.4 Å². The number of hydrogen-bond acceptors (Lipinski definition) is 6. The van der Waals surface area contributed by atoms with Crippen LogP contribution < -0.4 is 5.43 Å². The topological polar surface area (TPSA) is 67.9 Å². The Morgan fingerprint density at radius 3 is 3.06 bits per heavy atom. The van der Waals surface area contributed by atoms with Gasteiger partial charge in [-0.05, 0) is 24.8 Å². The van der Waals surface area contributed by atoms with E-state index in [1.807, 2.05) is 5.01 Å². The van der Waals surface area contributed by atoms with E-state index in [0.29, 0.717) is 6.54 Å². The molecule has 17 heavy (non-hydrogen) atoms. The van der Waals surface area contributed by atoms with Gasteiger partial charge in [0.2, 0.25) is 0 Å². The molecule has 0 aromatic heterocycles. The summed E-state index contributed by atoms with van der Waals surface area (Å²) in [5.41, 5.74) is 3.99. The summed E-state index contributed by atoms with van der Waals surface area (Å²) in [7, 11) is -3.37. The van der Waals surface area contributed by atoms with Crippen molar-refractivity contribution in [1.29, 1.82) is 0 Å². The van der Waals surface area contributed by atoms with Crippen molar-refractivity contribution in [2.45, 2.75) is 25.5 Å². The summed E-state index contributed by atoms with van der Waals surface area (Å²) in [5, 5.41) is 1.97. The molecule has 1 saturated heterocycles. The lowest BCUT2D eigenvalue weighted by atomic mass is 10.2. The monoisotopic (exact) mass is 262 g/mol. The molecule has 2 rings (SSSR count). The van der Waals surface area contributed by atoms with Gasteiger partial charge in [0.05, 0.1) is 12.9 Å². The molecule has 0 radical (unpaired) electrons. The number of nitrogens with one attached hydrogen (secondary N) is 1. The summed E-state index contributed by atoms with van der Waals surface area (Å²) in [5.74, 6) is 0. The van der Waals surface area contributed by atoms with Crippen molar-refractivity contribution in [2.75, 3.05) is 26.0 Å². The van der Waals surface area contributed by atoms with Crippen LogP contribution in [-0.2, 0) is 19.0 Å². The van der Waals surface area contributed by atoms with Crippen molar-refractivity contribution in [3.63, 3.8) is 0 Å². The zero-order chi connectivity index (χ0) is 12.3. The molecule has 6 nitrogen and oxygen atoms in total. The quantitative estimate of drug-likeness (QED) is 0.730. The van der Waals surface area contributed by atoms with E-state index >= 15 is 0 Å². The number of nitrogens with zero attached hydrogens (tertiary/aromatic N) is 1. The van der Waals surface area contributed by atoms with Gasteiger partial charge in [0, 0.05) is 19.4 Å². The van der Waals surface area contributed by atoms with Crippen molar-refractivity contribution in [2.24, 2.45) is 0 Å². The average Bonchev–Trinajstić information content (AvgIpc) is 2.75. The standard InChI is InChI=1S/C10H18N2O4S/c1-17(13,14)16-8-9-6-11-12(7-9)10-4-2-3-5-15-10/h6,10-11H,2-5,7-8H2,1H3. The average molecular weight is 262 g/mol. The highest BCUT2D eigenvalue weighted by molar-refractivity contribution is 7.85. The first-order valence-electron chi connectivity index (χ1n) is 5.71. The summed E-state index contributed by atoms with van der Waals surface area (Å²) in [6, 6.07) is 0. The molecule has 98 valence electrons. The molecule has 2 aliphatic rings. The Labute approximate surface area is 102 Å². The minimum atomic E-state index is -3.37. The molecule has 0 amide bonds. The Morgan fingerprint density at radius 2 is 2.41 bits per heavy atom. The van der Waals surface area contributed by atoms with E-state index in [1.165, 1.54) is 0 Å². The smallest absolute Gasteiger partial charge is 0.264 e. The first-order valence-corrected chi connectivity index (χ1v) is 7.53. The molecule has 1 fully saturated rings. The second-order valence-electron chi connectivity index (χ2n) is 4.35. The molecule has 0 aromatic carbocycles. The van der Waals surface area contributed by atoms with Crippen LogP contribution in [0.4, 0.5) is 0 Å². The molecule has 1 unspecified atom stereocenters. The number of hydrogen-bond donors (Lipinski definition) is 1. The van der Waals surface area contributed by atoms with Gasteiger partial charge in [0.1, 0.15) is 6.23 Å². The molecule has 2 aliphatic heterocycles. The molecular formula is C10H18N2O4S. The van der Waals surface area contributed by atoms with E-state index in [0.717, 1.165) is 37.7 Å². The van der Waals surface area contributed by atoms with E-state index < -0.39 is 10.1 Å². The van der Waals surface area contributed by atoms with Crippen molar-refractivity contribution >= 4 is 10.1 Å². The third-order valence-corrected chi connectivity index (χ3v) is 3.32. The van der Waals surface area contributed by atoms with Gasteiger partial charge in [-0.25, -0.2) is 0 Å². The number of rotatable bonds is 4. The van der Waals surface area contributed by atoms with Crippen LogP contribution in [0.3, 0.4) is 0 Å². The van der Waals surface area contributed by atoms with Crippen LogP contribution in [-0.4, -0.2) is 45.7 Å². The van der Waals surface area contributed by atoms with Gasteiger partial charge >= 0.3 is 0 Å². The highest BCUT2D eigenvalue weighted by Crippen LogP contribution is 2.18. The Hall–Kier alpha value is -0.630. The maximum Gasteiger partial charge on any atom is 0.264 e. The largest absolute Gasteiger partial charge is 0.361 e. The van der Waals surface area contributed by atoms with Crippen molar-refractivity contribution in [3.05, 3.63) is 11.8 Å². The molecule has 7 heteroatoms. The van der Waals surface area contributed by atoms with Crippen LogP contribution in [0.15, 0.2) is 11.8 Å². The second kappa shape index (κ2) is 5.34. The van der Waals surface area contributed by atoms with Gasteiger partial charge in [-0.15, -0.1) is 0 Å². The van der Waals surface area contributed by atoms with Crippen LogP contribution in [0.5, 0.6) is 0 Å². The molecule has 2 heterocycles. The number of ether oxygens (including phenoxy) is 1. The highest BCUT2D eigenvalue weighted by Gasteiger charge is 2.25. The van der Waals surface area contributed by atoms with Crippen LogP contribution in [0.1, 0.15) is 19.3 Å². The zero-order valence-corrected chi connectivity index (χ0v) is 10.7. The minimum Gasteiger partial charge on any atom is -0.361 e. The highest BCUT2D eigenvalue weighted by atomic mass is 32.2. The molecule has 0 saturated carbocycles. The first-order chi connectivity index (χ1) is 8.04. The predicted octanol–water partition coefficient (Wildman–Crippen LogP) is 0.193. The van der Waals surface area contributed by atoms with Crippen LogP contribution in [0.25, 0.3) is 0 Å². The Kier molecular flexibility index (Phi) is 4.03. The lowest BCUT2D eigenvalue weighted by molar-refractivity contribution is -0.0932. The van der Waals surface area contributed by atoms with Gasteiger partial charge in [0.15, 0.2) is 0 Å². The molecule has 0 bridgehead atoms. The zero-order valence-electron chi connectivity index (χ0n) is 9.89. The first kappa shape index (κ1) is 12.8. The van der Waals surface area contributed by atoms with E-state index in [4.69, 9.17) is 8.92 Å². The van der Waals surface area contributed by atoms with Gasteiger partial charge in [0.25, 0.3) is 10.1 Å². The molecule has 0 spiro atoms. The van der Waals surface area contributed by atoms with E-state index in [1.54, 1.807) is 6.20 Å². The van der Waals surface area contributed by atoms with Gasteiger partial charge in [-0.3, -0.25) is 4.18 Å². The molecular weight excluding hydrogens is 244 g/mol. The second-order valence-corrected chi connectivity index (χ2v) is 5.99. The number of hydrazine groups is 1.